The monoisotopic (exact) mass is 651 g/mol. The summed E-state index contributed by atoms with van der Waals surface area (Å²) in [5, 5.41) is 19.3. The van der Waals surface area contributed by atoms with Gasteiger partial charge >= 0.3 is 11.9 Å². The SMILES string of the molecule is O=C(O)c1ccc(-c2ccc(S(=O)(=O)N3CC(=O)N(c4cc(-c5ccccc5)sc4C(=O)O)[C@H](C4CCCCC4)C3)cn2)s1. The number of anilines is 1. The van der Waals surface area contributed by atoms with Crippen molar-refractivity contribution in [2.24, 2.45) is 5.92 Å². The van der Waals surface area contributed by atoms with Gasteiger partial charge in [0.2, 0.25) is 15.9 Å². The normalized spacial score (nSPS) is 18.4. The molecule has 6 rings (SSSR count). The Morgan fingerprint density at radius 2 is 1.64 bits per heavy atom. The summed E-state index contributed by atoms with van der Waals surface area (Å²) in [6.07, 6.45) is 5.83. The maximum Gasteiger partial charge on any atom is 0.348 e. The number of carboxylic acid groups (broad SMARTS) is 2. The van der Waals surface area contributed by atoms with Crippen LogP contribution < -0.4 is 4.90 Å². The Bertz CT molecular complexity index is 1810. The average molecular weight is 652 g/mol. The number of nitrogens with zero attached hydrogens (tertiary/aromatic N) is 3. The molecule has 1 aliphatic carbocycles. The first kappa shape index (κ1) is 30.1. The van der Waals surface area contributed by atoms with Gasteiger partial charge in [-0.15, -0.1) is 22.7 Å². The van der Waals surface area contributed by atoms with Crippen molar-refractivity contribution in [2.75, 3.05) is 18.0 Å². The molecule has 228 valence electrons. The molecule has 0 spiro atoms. The summed E-state index contributed by atoms with van der Waals surface area (Å²) in [4.78, 5) is 44.8. The molecule has 1 aliphatic heterocycles. The number of carbonyl (C=O) groups excluding carboxylic acids is 1. The minimum Gasteiger partial charge on any atom is -0.477 e. The van der Waals surface area contributed by atoms with Crippen LogP contribution in [0.4, 0.5) is 5.69 Å². The van der Waals surface area contributed by atoms with Crippen LogP contribution in [0.25, 0.3) is 21.0 Å². The Morgan fingerprint density at radius 3 is 2.27 bits per heavy atom. The number of piperazine rings is 1. The van der Waals surface area contributed by atoms with E-state index in [2.05, 4.69) is 4.98 Å². The summed E-state index contributed by atoms with van der Waals surface area (Å²) in [7, 11) is -4.12. The molecule has 2 fully saturated rings. The molecular formula is C31H29N3O7S3. The molecule has 2 N–H and O–H groups in total. The molecule has 2 aliphatic rings. The molecular weight excluding hydrogens is 623 g/mol. The largest absolute Gasteiger partial charge is 0.477 e. The Balaban J connectivity index is 1.33. The number of hydrogen-bond donors (Lipinski definition) is 2. The van der Waals surface area contributed by atoms with Gasteiger partial charge in [0, 0.05) is 17.6 Å². The number of rotatable bonds is 8. The van der Waals surface area contributed by atoms with Crippen molar-refractivity contribution in [1.29, 1.82) is 0 Å². The van der Waals surface area contributed by atoms with Crippen molar-refractivity contribution in [1.82, 2.24) is 9.29 Å². The first-order valence-corrected chi connectivity index (χ1v) is 17.2. The maximum absolute atomic E-state index is 13.9. The third-order valence-corrected chi connectivity index (χ3v) is 12.2. The van der Waals surface area contributed by atoms with Crippen molar-refractivity contribution in [3.05, 3.63) is 76.6 Å². The van der Waals surface area contributed by atoms with Crippen LogP contribution in [0.2, 0.25) is 0 Å². The lowest BCUT2D eigenvalue weighted by atomic mass is 9.82. The Morgan fingerprint density at radius 1 is 0.886 bits per heavy atom. The molecule has 0 bridgehead atoms. The van der Waals surface area contributed by atoms with E-state index < -0.39 is 40.5 Å². The number of aromatic nitrogens is 1. The van der Waals surface area contributed by atoms with E-state index in [4.69, 9.17) is 0 Å². The quantitative estimate of drug-likeness (QED) is 0.239. The van der Waals surface area contributed by atoms with Gasteiger partial charge in [0.1, 0.15) is 14.6 Å². The van der Waals surface area contributed by atoms with Crippen molar-refractivity contribution in [3.8, 4) is 21.0 Å². The van der Waals surface area contributed by atoms with Gasteiger partial charge in [0.05, 0.1) is 28.8 Å². The van der Waals surface area contributed by atoms with E-state index in [9.17, 15) is 33.0 Å². The Hall–Kier alpha value is -3.91. The second kappa shape index (κ2) is 12.2. The van der Waals surface area contributed by atoms with Crippen molar-refractivity contribution in [2.45, 2.75) is 43.0 Å². The molecule has 13 heteroatoms. The number of aromatic carboxylic acids is 2. The number of thiophene rings is 2. The summed E-state index contributed by atoms with van der Waals surface area (Å²) in [6, 6.07) is 16.6. The van der Waals surface area contributed by atoms with Gasteiger partial charge in [0.25, 0.3) is 0 Å². The van der Waals surface area contributed by atoms with Crippen LogP contribution in [0.15, 0.2) is 71.8 Å². The molecule has 1 amide bonds. The fraction of sp³-hybridized carbons (Fsp3) is 0.290. The number of hydrogen-bond acceptors (Lipinski definition) is 8. The molecule has 1 aromatic carbocycles. The topological polar surface area (TPSA) is 145 Å². The zero-order valence-electron chi connectivity index (χ0n) is 23.5. The lowest BCUT2D eigenvalue weighted by molar-refractivity contribution is -0.121. The highest BCUT2D eigenvalue weighted by Crippen LogP contribution is 2.42. The van der Waals surface area contributed by atoms with E-state index in [-0.39, 0.29) is 27.1 Å². The predicted molar refractivity (Wildman–Crippen MR) is 168 cm³/mol. The van der Waals surface area contributed by atoms with Crippen LogP contribution in [-0.2, 0) is 14.8 Å². The fourth-order valence-electron chi connectivity index (χ4n) is 6.02. The van der Waals surface area contributed by atoms with Crippen LogP contribution in [0, 0.1) is 5.92 Å². The Labute approximate surface area is 262 Å². The molecule has 1 saturated carbocycles. The van der Waals surface area contributed by atoms with E-state index in [1.165, 1.54) is 28.7 Å². The van der Waals surface area contributed by atoms with Crippen molar-refractivity contribution in [3.63, 3.8) is 0 Å². The summed E-state index contributed by atoms with van der Waals surface area (Å²) in [6.45, 7) is -0.404. The van der Waals surface area contributed by atoms with Gasteiger partial charge in [0.15, 0.2) is 0 Å². The second-order valence-electron chi connectivity index (χ2n) is 10.9. The number of carboxylic acids is 2. The molecule has 3 aromatic heterocycles. The third kappa shape index (κ3) is 5.80. The smallest absolute Gasteiger partial charge is 0.348 e. The highest BCUT2D eigenvalue weighted by atomic mass is 32.2. The van der Waals surface area contributed by atoms with Gasteiger partial charge in [-0.25, -0.2) is 18.0 Å². The summed E-state index contributed by atoms with van der Waals surface area (Å²) >= 11 is 2.15. The highest BCUT2D eigenvalue weighted by Gasteiger charge is 2.44. The van der Waals surface area contributed by atoms with Gasteiger partial charge in [-0.1, -0.05) is 49.6 Å². The highest BCUT2D eigenvalue weighted by molar-refractivity contribution is 7.89. The van der Waals surface area contributed by atoms with Crippen molar-refractivity contribution >= 4 is 56.2 Å². The summed E-state index contributed by atoms with van der Waals surface area (Å²) in [5.74, 6) is -2.65. The molecule has 1 saturated heterocycles. The minimum atomic E-state index is -4.12. The number of benzene rings is 1. The minimum absolute atomic E-state index is 0.00943. The molecule has 44 heavy (non-hydrogen) atoms. The van der Waals surface area contributed by atoms with Crippen LogP contribution in [-0.4, -0.2) is 64.9 Å². The zero-order valence-corrected chi connectivity index (χ0v) is 25.9. The van der Waals surface area contributed by atoms with Gasteiger partial charge in [-0.05, 0) is 54.7 Å². The Kier molecular flexibility index (Phi) is 8.38. The summed E-state index contributed by atoms with van der Waals surface area (Å²) in [5.41, 5.74) is 1.59. The number of amides is 1. The molecule has 4 heterocycles. The van der Waals surface area contributed by atoms with Crippen LogP contribution in [0.5, 0.6) is 0 Å². The van der Waals surface area contributed by atoms with Gasteiger partial charge in [-0.3, -0.25) is 9.78 Å². The predicted octanol–water partition coefficient (Wildman–Crippen LogP) is 5.92. The first-order chi connectivity index (χ1) is 21.1. The van der Waals surface area contributed by atoms with E-state index >= 15 is 0 Å². The average Bonchev–Trinajstić information content (AvgIpc) is 3.71. The van der Waals surface area contributed by atoms with Crippen molar-refractivity contribution < 1.29 is 33.0 Å². The summed E-state index contributed by atoms with van der Waals surface area (Å²) < 4.78 is 28.9. The van der Waals surface area contributed by atoms with Gasteiger partial charge in [-0.2, -0.15) is 4.31 Å². The second-order valence-corrected chi connectivity index (χ2v) is 14.9. The van der Waals surface area contributed by atoms with E-state index in [1.54, 1.807) is 17.0 Å². The van der Waals surface area contributed by atoms with Crippen LogP contribution in [0.1, 0.15) is 51.4 Å². The van der Waals surface area contributed by atoms with Crippen LogP contribution >= 0.6 is 22.7 Å². The van der Waals surface area contributed by atoms with Gasteiger partial charge < -0.3 is 15.1 Å². The molecule has 1 atom stereocenters. The van der Waals surface area contributed by atoms with E-state index in [0.717, 1.165) is 65.2 Å². The molecule has 10 nitrogen and oxygen atoms in total. The molecule has 0 unspecified atom stereocenters. The number of carbonyl (C=O) groups is 3. The van der Waals surface area contributed by atoms with E-state index in [1.807, 2.05) is 30.3 Å². The van der Waals surface area contributed by atoms with Crippen LogP contribution in [0.3, 0.4) is 0 Å². The standard InChI is InChI=1S/C31H29N3O7S3/c35-28-18-33(44(40,41)21-11-12-22(32-16-21)25-13-14-26(42-25)30(36)37)17-24(19-7-3-1-4-8-19)34(28)23-15-27(43-29(23)31(38)39)20-9-5-2-6-10-20/h2,5-6,9-16,19,24H,1,3-4,7-8,17-18H2,(H,36,37)(H,38,39)/t24-/m0/s1. The first-order valence-electron chi connectivity index (χ1n) is 14.2. The fourth-order valence-corrected chi connectivity index (χ4v) is 9.19. The number of pyridine rings is 1. The zero-order chi connectivity index (χ0) is 31.0. The molecule has 0 radical (unpaired) electrons. The maximum atomic E-state index is 13.9. The van der Waals surface area contributed by atoms with E-state index in [0.29, 0.717) is 16.3 Å². The third-order valence-electron chi connectivity index (χ3n) is 8.16. The molecule has 4 aromatic rings. The lowest BCUT2D eigenvalue weighted by Crippen LogP contribution is -2.60. The number of sulfonamides is 1. The lowest BCUT2D eigenvalue weighted by Gasteiger charge is -2.44.